The van der Waals surface area contributed by atoms with Gasteiger partial charge in [0.15, 0.2) is 0 Å². The number of non-ortho nitro benzene ring substituents is 1. The highest BCUT2D eigenvalue weighted by Crippen LogP contribution is 2.25. The normalized spacial score (nSPS) is 10.2. The second-order valence-electron chi connectivity index (χ2n) is 5.24. The predicted molar refractivity (Wildman–Crippen MR) is 95.3 cm³/mol. The first-order valence-electron chi connectivity index (χ1n) is 7.39. The van der Waals surface area contributed by atoms with Crippen LogP contribution in [-0.2, 0) is 4.79 Å². The number of carbonyl (C=O) groups is 1. The van der Waals surface area contributed by atoms with Crippen molar-refractivity contribution >= 4 is 33.2 Å². The minimum absolute atomic E-state index is 0.0552. The molecule has 0 fully saturated rings. The van der Waals surface area contributed by atoms with Crippen LogP contribution in [0.15, 0.2) is 46.9 Å². The molecule has 126 valence electrons. The van der Waals surface area contributed by atoms with Crippen molar-refractivity contribution in [1.82, 2.24) is 0 Å². The van der Waals surface area contributed by atoms with E-state index in [0.29, 0.717) is 18.7 Å². The molecule has 0 spiro atoms. The summed E-state index contributed by atoms with van der Waals surface area (Å²) in [6.07, 6.45) is 0.813. The lowest BCUT2D eigenvalue weighted by Crippen LogP contribution is -2.13. The smallest absolute Gasteiger partial charge is 0.271 e. The molecule has 0 atom stereocenters. The van der Waals surface area contributed by atoms with Gasteiger partial charge in [0.1, 0.15) is 5.75 Å². The minimum atomic E-state index is -0.497. The standard InChI is InChI=1S/C17H17BrN2O4/c1-12-7-8-16(15(18)10-12)24-9-3-6-17(21)19-13-4-2-5-14(11-13)20(22)23/h2,4-5,7-8,10-11H,3,6,9H2,1H3,(H,19,21). The number of halogens is 1. The number of aryl methyl sites for hydroxylation is 1. The fourth-order valence-electron chi connectivity index (χ4n) is 2.06. The van der Waals surface area contributed by atoms with Crippen molar-refractivity contribution in [3.63, 3.8) is 0 Å². The number of nitrogens with one attached hydrogen (secondary N) is 1. The fourth-order valence-corrected chi connectivity index (χ4v) is 2.67. The maximum absolute atomic E-state index is 11.9. The molecule has 0 bridgehead atoms. The average Bonchev–Trinajstić information content (AvgIpc) is 2.53. The predicted octanol–water partition coefficient (Wildman–Crippen LogP) is 4.46. The van der Waals surface area contributed by atoms with E-state index in [4.69, 9.17) is 4.74 Å². The number of benzene rings is 2. The van der Waals surface area contributed by atoms with Crippen molar-refractivity contribution in [2.45, 2.75) is 19.8 Å². The van der Waals surface area contributed by atoms with Gasteiger partial charge < -0.3 is 10.1 Å². The van der Waals surface area contributed by atoms with Crippen molar-refractivity contribution in [1.29, 1.82) is 0 Å². The molecule has 0 aliphatic heterocycles. The van der Waals surface area contributed by atoms with Crippen molar-refractivity contribution in [2.24, 2.45) is 0 Å². The molecule has 0 aliphatic carbocycles. The molecule has 1 amide bonds. The van der Waals surface area contributed by atoms with Crippen molar-refractivity contribution in [2.75, 3.05) is 11.9 Å². The van der Waals surface area contributed by atoms with Gasteiger partial charge in [0.25, 0.3) is 5.69 Å². The number of rotatable bonds is 7. The number of nitrogens with zero attached hydrogens (tertiary/aromatic N) is 1. The summed E-state index contributed by atoms with van der Waals surface area (Å²) in [5, 5.41) is 13.4. The van der Waals surface area contributed by atoms with E-state index in [0.717, 1.165) is 15.8 Å². The average molecular weight is 393 g/mol. The van der Waals surface area contributed by atoms with Crippen LogP contribution in [0.3, 0.4) is 0 Å². The lowest BCUT2D eigenvalue weighted by atomic mass is 10.2. The van der Waals surface area contributed by atoms with Crippen LogP contribution in [0.25, 0.3) is 0 Å². The molecule has 0 heterocycles. The molecule has 0 saturated carbocycles. The first kappa shape index (κ1) is 17.9. The van der Waals surface area contributed by atoms with Gasteiger partial charge in [0, 0.05) is 24.2 Å². The number of hydrogen-bond acceptors (Lipinski definition) is 4. The van der Waals surface area contributed by atoms with Crippen LogP contribution in [0.4, 0.5) is 11.4 Å². The van der Waals surface area contributed by atoms with E-state index in [1.807, 2.05) is 25.1 Å². The summed E-state index contributed by atoms with van der Waals surface area (Å²) in [6.45, 7) is 2.40. The molecule has 2 aromatic rings. The minimum Gasteiger partial charge on any atom is -0.492 e. The Morgan fingerprint density at radius 2 is 2.08 bits per heavy atom. The zero-order valence-electron chi connectivity index (χ0n) is 13.1. The van der Waals surface area contributed by atoms with E-state index in [-0.39, 0.29) is 18.0 Å². The SMILES string of the molecule is Cc1ccc(OCCCC(=O)Nc2cccc([N+](=O)[O-])c2)c(Br)c1. The third kappa shape index (κ3) is 5.34. The Morgan fingerprint density at radius 3 is 2.79 bits per heavy atom. The lowest BCUT2D eigenvalue weighted by Gasteiger charge is -2.09. The van der Waals surface area contributed by atoms with Gasteiger partial charge in [-0.25, -0.2) is 0 Å². The summed E-state index contributed by atoms with van der Waals surface area (Å²) in [7, 11) is 0. The number of nitro groups is 1. The number of carbonyl (C=O) groups excluding carboxylic acids is 1. The Balaban J connectivity index is 1.77. The number of nitro benzene ring substituents is 1. The maximum Gasteiger partial charge on any atom is 0.271 e. The third-order valence-corrected chi connectivity index (χ3v) is 3.85. The van der Waals surface area contributed by atoms with Gasteiger partial charge in [0.2, 0.25) is 5.91 Å². The second kappa shape index (κ2) is 8.44. The highest BCUT2D eigenvalue weighted by molar-refractivity contribution is 9.10. The zero-order valence-corrected chi connectivity index (χ0v) is 14.7. The van der Waals surface area contributed by atoms with Crippen molar-refractivity contribution in [3.05, 3.63) is 62.6 Å². The van der Waals surface area contributed by atoms with Crippen LogP contribution in [0.1, 0.15) is 18.4 Å². The van der Waals surface area contributed by atoms with Gasteiger partial charge in [-0.2, -0.15) is 0 Å². The van der Waals surface area contributed by atoms with Gasteiger partial charge in [-0.1, -0.05) is 12.1 Å². The summed E-state index contributed by atoms with van der Waals surface area (Å²) < 4.78 is 6.51. The molecule has 1 N–H and O–H groups in total. The fraction of sp³-hybridized carbons (Fsp3) is 0.235. The highest BCUT2D eigenvalue weighted by Gasteiger charge is 2.08. The van der Waals surface area contributed by atoms with Crippen LogP contribution in [0, 0.1) is 17.0 Å². The van der Waals surface area contributed by atoms with Crippen LogP contribution >= 0.6 is 15.9 Å². The molecule has 6 nitrogen and oxygen atoms in total. The summed E-state index contributed by atoms with van der Waals surface area (Å²) >= 11 is 3.43. The summed E-state index contributed by atoms with van der Waals surface area (Å²) in [4.78, 5) is 22.1. The number of amides is 1. The van der Waals surface area contributed by atoms with E-state index >= 15 is 0 Å². The number of anilines is 1. The Bertz CT molecular complexity index is 749. The second-order valence-corrected chi connectivity index (χ2v) is 6.10. The van der Waals surface area contributed by atoms with Gasteiger partial charge >= 0.3 is 0 Å². The van der Waals surface area contributed by atoms with E-state index in [1.165, 1.54) is 18.2 Å². The molecular formula is C17H17BrN2O4. The molecule has 0 aromatic heterocycles. The Morgan fingerprint density at radius 1 is 1.29 bits per heavy atom. The molecule has 2 aromatic carbocycles. The first-order valence-corrected chi connectivity index (χ1v) is 8.18. The van der Waals surface area contributed by atoms with Crippen LogP contribution < -0.4 is 10.1 Å². The summed E-state index contributed by atoms with van der Waals surface area (Å²) in [5.74, 6) is 0.529. The largest absolute Gasteiger partial charge is 0.492 e. The van der Waals surface area contributed by atoms with Gasteiger partial charge in [-0.15, -0.1) is 0 Å². The van der Waals surface area contributed by atoms with Crippen molar-refractivity contribution < 1.29 is 14.5 Å². The van der Waals surface area contributed by atoms with Gasteiger partial charge in [-0.3, -0.25) is 14.9 Å². The highest BCUT2D eigenvalue weighted by atomic mass is 79.9. The zero-order chi connectivity index (χ0) is 17.5. The van der Waals surface area contributed by atoms with Crippen molar-refractivity contribution in [3.8, 4) is 5.75 Å². The van der Waals surface area contributed by atoms with Crippen LogP contribution in [-0.4, -0.2) is 17.4 Å². The van der Waals surface area contributed by atoms with Crippen LogP contribution in [0.5, 0.6) is 5.75 Å². The Kier molecular flexibility index (Phi) is 6.31. The molecular weight excluding hydrogens is 376 g/mol. The summed E-state index contributed by atoms with van der Waals surface area (Å²) in [5.41, 5.74) is 1.49. The quantitative estimate of drug-likeness (QED) is 0.428. The van der Waals surface area contributed by atoms with Gasteiger partial charge in [0.05, 0.1) is 16.0 Å². The molecule has 0 unspecified atom stereocenters. The molecule has 0 aliphatic rings. The number of hydrogen-bond donors (Lipinski definition) is 1. The molecule has 24 heavy (non-hydrogen) atoms. The Hall–Kier alpha value is -2.41. The number of ether oxygens (including phenoxy) is 1. The summed E-state index contributed by atoms with van der Waals surface area (Å²) in [6, 6.07) is 11.7. The van der Waals surface area contributed by atoms with E-state index in [9.17, 15) is 14.9 Å². The monoisotopic (exact) mass is 392 g/mol. The lowest BCUT2D eigenvalue weighted by molar-refractivity contribution is -0.384. The first-order chi connectivity index (χ1) is 11.5. The topological polar surface area (TPSA) is 81.5 Å². The van der Waals surface area contributed by atoms with E-state index in [2.05, 4.69) is 21.2 Å². The van der Waals surface area contributed by atoms with E-state index in [1.54, 1.807) is 6.07 Å². The maximum atomic E-state index is 11.9. The molecule has 0 saturated heterocycles. The third-order valence-electron chi connectivity index (χ3n) is 3.23. The van der Waals surface area contributed by atoms with Gasteiger partial charge in [-0.05, 0) is 53.0 Å². The van der Waals surface area contributed by atoms with E-state index < -0.39 is 4.92 Å². The molecule has 0 radical (unpaired) electrons. The molecule has 7 heteroatoms. The molecule has 2 rings (SSSR count). The van der Waals surface area contributed by atoms with Crippen LogP contribution in [0.2, 0.25) is 0 Å². The Labute approximate surface area is 148 Å².